The Kier molecular flexibility index (Phi) is 28.2. The number of unbranched alkanes of at least 4 members (excludes halogenated alkanes) is 13. The monoisotopic (exact) mass is 621 g/mol. The summed E-state index contributed by atoms with van der Waals surface area (Å²) in [5, 5.41) is 2.90. The zero-order valence-electron chi connectivity index (χ0n) is 28.0. The molecule has 0 spiro atoms. The molecule has 0 aromatic heterocycles. The molecule has 0 aliphatic carbocycles. The van der Waals surface area contributed by atoms with Crippen LogP contribution in [0.1, 0.15) is 123 Å². The van der Waals surface area contributed by atoms with Crippen LogP contribution in [0.15, 0.2) is 30.3 Å². The largest absolute Gasteiger partial charge is 0.460 e. The summed E-state index contributed by atoms with van der Waals surface area (Å²) in [5.74, 6) is -0.614. The molecule has 1 N–H and O–H groups in total. The van der Waals surface area contributed by atoms with Crippen molar-refractivity contribution >= 4 is 17.6 Å². The summed E-state index contributed by atoms with van der Waals surface area (Å²) in [6, 6.07) is 9.34. The van der Waals surface area contributed by atoms with E-state index in [0.717, 1.165) is 38.0 Å². The van der Waals surface area contributed by atoms with Crippen LogP contribution in [0.5, 0.6) is 0 Å². The molecule has 8 nitrogen and oxygen atoms in total. The van der Waals surface area contributed by atoms with Gasteiger partial charge in [0.05, 0.1) is 46.1 Å². The number of benzene rings is 1. The van der Waals surface area contributed by atoms with Crippen LogP contribution in [0, 0.1) is 0 Å². The second-order valence-corrected chi connectivity index (χ2v) is 11.5. The van der Waals surface area contributed by atoms with Crippen molar-refractivity contribution in [3.8, 4) is 0 Å². The Bertz CT molecular complexity index is 777. The zero-order chi connectivity index (χ0) is 31.8. The van der Waals surface area contributed by atoms with E-state index in [2.05, 4.69) is 19.2 Å². The molecule has 0 fully saturated rings. The van der Waals surface area contributed by atoms with Gasteiger partial charge in [0.1, 0.15) is 12.7 Å². The van der Waals surface area contributed by atoms with Gasteiger partial charge in [-0.15, -0.1) is 0 Å². The molecule has 0 aliphatic heterocycles. The summed E-state index contributed by atoms with van der Waals surface area (Å²) in [7, 11) is 0. The van der Waals surface area contributed by atoms with Gasteiger partial charge < -0.3 is 29.0 Å². The third-order valence-corrected chi connectivity index (χ3v) is 7.38. The molecule has 1 atom stereocenters. The third kappa shape index (κ3) is 26.4. The molecule has 0 saturated heterocycles. The lowest BCUT2D eigenvalue weighted by Crippen LogP contribution is -2.27. The molecule has 0 aliphatic rings. The smallest absolute Gasteiger partial charge is 0.332 e. The van der Waals surface area contributed by atoms with Crippen molar-refractivity contribution in [2.75, 3.05) is 58.2 Å². The van der Waals surface area contributed by atoms with E-state index < -0.39 is 12.1 Å². The van der Waals surface area contributed by atoms with Gasteiger partial charge in [0, 0.05) is 12.3 Å². The molecule has 44 heavy (non-hydrogen) atoms. The van der Waals surface area contributed by atoms with Crippen LogP contribution in [0.4, 0.5) is 5.69 Å². The zero-order valence-corrected chi connectivity index (χ0v) is 28.0. The number of rotatable bonds is 32. The molecule has 0 bridgehead atoms. The number of carbonyl (C=O) groups is 2. The van der Waals surface area contributed by atoms with Crippen molar-refractivity contribution in [2.45, 2.75) is 129 Å². The Morgan fingerprint density at radius 3 is 1.61 bits per heavy atom. The number of hydrogen-bond donors (Lipinski definition) is 1. The highest BCUT2D eigenvalue weighted by atomic mass is 16.6. The normalized spacial score (nSPS) is 11.9. The quantitative estimate of drug-likeness (QED) is 0.0639. The van der Waals surface area contributed by atoms with E-state index in [4.69, 9.17) is 23.7 Å². The standard InChI is InChI=1S/C36H63NO7/c1-3-5-7-8-9-10-11-12-13-14-15-16-20-23-34(31-35(38)37-33-21-18-17-19-22-33)44-36(39)32-43-30-29-42-28-27-41-26-25-40-24-6-4-2/h17-19,21-22,34H,3-16,20,23-32H2,1-2H3,(H,37,38). The first-order valence-electron chi connectivity index (χ1n) is 17.5. The Morgan fingerprint density at radius 2 is 1.07 bits per heavy atom. The van der Waals surface area contributed by atoms with E-state index in [1.54, 1.807) is 0 Å². The summed E-state index contributed by atoms with van der Waals surface area (Å²) < 4.78 is 27.5. The average molecular weight is 622 g/mol. The van der Waals surface area contributed by atoms with Crippen molar-refractivity contribution in [3.63, 3.8) is 0 Å². The summed E-state index contributed by atoms with van der Waals surface area (Å²) in [6.07, 6.45) is 19.1. The number of amides is 1. The van der Waals surface area contributed by atoms with Gasteiger partial charge in [0.15, 0.2) is 0 Å². The lowest BCUT2D eigenvalue weighted by molar-refractivity contribution is -0.156. The minimum absolute atomic E-state index is 0.131. The number of carbonyl (C=O) groups excluding carboxylic acids is 2. The Morgan fingerprint density at radius 1 is 0.591 bits per heavy atom. The second kappa shape index (κ2) is 31.0. The highest BCUT2D eigenvalue weighted by molar-refractivity contribution is 5.91. The van der Waals surface area contributed by atoms with Crippen LogP contribution in [0.2, 0.25) is 0 Å². The van der Waals surface area contributed by atoms with Gasteiger partial charge in [-0.25, -0.2) is 4.79 Å². The van der Waals surface area contributed by atoms with Gasteiger partial charge in [-0.3, -0.25) is 4.79 Å². The van der Waals surface area contributed by atoms with Gasteiger partial charge in [0.25, 0.3) is 0 Å². The molecule has 1 unspecified atom stereocenters. The average Bonchev–Trinajstić information content (AvgIpc) is 3.02. The molecule has 1 amide bonds. The van der Waals surface area contributed by atoms with E-state index in [0.29, 0.717) is 39.5 Å². The molecular weight excluding hydrogens is 558 g/mol. The molecule has 0 radical (unpaired) electrons. The van der Waals surface area contributed by atoms with E-state index in [-0.39, 0.29) is 25.5 Å². The van der Waals surface area contributed by atoms with E-state index in [1.165, 1.54) is 70.6 Å². The van der Waals surface area contributed by atoms with Gasteiger partial charge in [-0.2, -0.15) is 0 Å². The Balaban J connectivity index is 2.20. The van der Waals surface area contributed by atoms with Crippen LogP contribution >= 0.6 is 0 Å². The molecule has 0 saturated carbocycles. The van der Waals surface area contributed by atoms with Gasteiger partial charge >= 0.3 is 5.97 Å². The summed E-state index contributed by atoms with van der Waals surface area (Å²) in [5.41, 5.74) is 0.734. The molecule has 1 rings (SSSR count). The van der Waals surface area contributed by atoms with Gasteiger partial charge in [0.2, 0.25) is 5.91 Å². The summed E-state index contributed by atoms with van der Waals surface area (Å²) >= 11 is 0. The first kappa shape index (κ1) is 40.0. The maximum Gasteiger partial charge on any atom is 0.332 e. The van der Waals surface area contributed by atoms with Gasteiger partial charge in [-0.05, 0) is 31.4 Å². The van der Waals surface area contributed by atoms with Gasteiger partial charge in [-0.1, -0.05) is 116 Å². The molecule has 0 heterocycles. The second-order valence-electron chi connectivity index (χ2n) is 11.5. The lowest BCUT2D eigenvalue weighted by atomic mass is 10.0. The summed E-state index contributed by atoms with van der Waals surface area (Å²) in [4.78, 5) is 25.1. The fraction of sp³-hybridized carbons (Fsp3) is 0.778. The number of hydrogen-bond acceptors (Lipinski definition) is 7. The number of nitrogens with one attached hydrogen (secondary N) is 1. The van der Waals surface area contributed by atoms with Crippen molar-refractivity contribution < 1.29 is 33.3 Å². The predicted molar refractivity (Wildman–Crippen MR) is 178 cm³/mol. The Hall–Kier alpha value is -2.00. The van der Waals surface area contributed by atoms with Crippen LogP contribution in [0.3, 0.4) is 0 Å². The first-order valence-corrected chi connectivity index (χ1v) is 17.5. The van der Waals surface area contributed by atoms with Crippen LogP contribution < -0.4 is 5.32 Å². The topological polar surface area (TPSA) is 92.3 Å². The number of para-hydroxylation sites is 1. The number of anilines is 1. The summed E-state index contributed by atoms with van der Waals surface area (Å²) in [6.45, 7) is 7.76. The van der Waals surface area contributed by atoms with Crippen LogP contribution in [0.25, 0.3) is 0 Å². The third-order valence-electron chi connectivity index (χ3n) is 7.38. The van der Waals surface area contributed by atoms with Crippen molar-refractivity contribution in [3.05, 3.63) is 30.3 Å². The van der Waals surface area contributed by atoms with E-state index in [1.807, 2.05) is 30.3 Å². The van der Waals surface area contributed by atoms with Crippen molar-refractivity contribution in [1.29, 1.82) is 0 Å². The SMILES string of the molecule is CCCCCCCCCCCCCCCC(CC(=O)Nc1ccccc1)OC(=O)COCCOCCOCCOCCCC. The number of ether oxygens (including phenoxy) is 5. The van der Waals surface area contributed by atoms with Crippen molar-refractivity contribution in [1.82, 2.24) is 0 Å². The van der Waals surface area contributed by atoms with E-state index >= 15 is 0 Å². The lowest BCUT2D eigenvalue weighted by Gasteiger charge is -2.18. The molecular formula is C36H63NO7. The van der Waals surface area contributed by atoms with E-state index in [9.17, 15) is 9.59 Å². The minimum Gasteiger partial charge on any atom is -0.460 e. The van der Waals surface area contributed by atoms with Crippen molar-refractivity contribution in [2.24, 2.45) is 0 Å². The Labute approximate surface area is 268 Å². The molecule has 254 valence electrons. The van der Waals surface area contributed by atoms with Crippen LogP contribution in [-0.4, -0.2) is 70.8 Å². The maximum atomic E-state index is 12.7. The maximum absolute atomic E-state index is 12.7. The molecule has 1 aromatic rings. The highest BCUT2D eigenvalue weighted by Gasteiger charge is 2.19. The first-order chi connectivity index (χ1) is 21.7. The number of esters is 1. The fourth-order valence-corrected chi connectivity index (χ4v) is 4.81. The minimum atomic E-state index is -0.470. The molecule has 8 heteroatoms. The fourth-order valence-electron chi connectivity index (χ4n) is 4.81. The molecule has 1 aromatic carbocycles. The predicted octanol–water partition coefficient (Wildman–Crippen LogP) is 8.27. The van der Waals surface area contributed by atoms with Crippen LogP contribution in [-0.2, 0) is 33.3 Å². The highest BCUT2D eigenvalue weighted by Crippen LogP contribution is 2.16.